The highest BCUT2D eigenvalue weighted by Crippen LogP contribution is 2.34. The molecule has 0 aliphatic carbocycles. The summed E-state index contributed by atoms with van der Waals surface area (Å²) in [5.74, 6) is -0.503. The van der Waals surface area contributed by atoms with Crippen LogP contribution in [0.2, 0.25) is 5.02 Å². The zero-order valence-corrected chi connectivity index (χ0v) is 20.2. The fraction of sp³-hybridized carbons (Fsp3) is 0.148. The molecule has 0 bridgehead atoms. The Labute approximate surface area is 204 Å². The Bertz CT molecular complexity index is 1640. The molecular weight excluding hydrogens is 468 g/mol. The van der Waals surface area contributed by atoms with Crippen molar-refractivity contribution in [1.82, 2.24) is 4.57 Å². The van der Waals surface area contributed by atoms with E-state index in [0.717, 1.165) is 16.3 Å². The lowest BCUT2D eigenvalue weighted by molar-refractivity contribution is -0.139. The molecule has 2 heterocycles. The molecular formula is C27H21ClN2O3S. The van der Waals surface area contributed by atoms with Crippen molar-refractivity contribution in [1.29, 1.82) is 0 Å². The number of aromatic nitrogens is 1. The van der Waals surface area contributed by atoms with Crippen LogP contribution in [0.5, 0.6) is 0 Å². The highest BCUT2D eigenvalue weighted by molar-refractivity contribution is 7.07. The number of carbonyl (C=O) groups excluding carboxylic acids is 1. The molecule has 0 saturated heterocycles. The summed E-state index contributed by atoms with van der Waals surface area (Å²) in [6.45, 7) is 3.73. The van der Waals surface area contributed by atoms with E-state index in [1.165, 1.54) is 11.3 Å². The molecule has 5 nitrogen and oxygen atoms in total. The number of ether oxygens (including phenoxy) is 1. The SMILES string of the molecule is CCOC(=O)C1=C(C)N=c2s/c(=C\c3cccc4ccccc34)c(=O)n2[C@H]1c1ccccc1Cl. The number of carbonyl (C=O) groups is 1. The molecule has 0 radical (unpaired) electrons. The van der Waals surface area contributed by atoms with Gasteiger partial charge in [-0.1, -0.05) is 83.6 Å². The minimum Gasteiger partial charge on any atom is -0.463 e. The smallest absolute Gasteiger partial charge is 0.338 e. The van der Waals surface area contributed by atoms with E-state index >= 15 is 0 Å². The van der Waals surface area contributed by atoms with Crippen molar-refractivity contribution >= 4 is 45.8 Å². The van der Waals surface area contributed by atoms with Gasteiger partial charge in [-0.25, -0.2) is 9.79 Å². The predicted molar refractivity (Wildman–Crippen MR) is 136 cm³/mol. The predicted octanol–water partition coefficient (Wildman–Crippen LogP) is 4.60. The van der Waals surface area contributed by atoms with Crippen molar-refractivity contribution < 1.29 is 9.53 Å². The standard InChI is InChI=1S/C27H21ClN2O3S/c1-3-33-26(32)23-16(2)29-27-30(24(23)20-13-6-7-14-21(20)28)25(31)22(34-27)15-18-11-8-10-17-9-4-5-12-19(17)18/h4-15,24H,3H2,1-2H3/b22-15-/t24-/m0/s1. The Balaban J connectivity index is 1.77. The summed E-state index contributed by atoms with van der Waals surface area (Å²) in [5.41, 5.74) is 2.20. The largest absolute Gasteiger partial charge is 0.463 e. The Morgan fingerprint density at radius 2 is 1.85 bits per heavy atom. The lowest BCUT2D eigenvalue weighted by atomic mass is 9.96. The molecule has 0 amide bonds. The lowest BCUT2D eigenvalue weighted by Gasteiger charge is -2.25. The lowest BCUT2D eigenvalue weighted by Crippen LogP contribution is -2.40. The summed E-state index contributed by atoms with van der Waals surface area (Å²) in [6.07, 6.45) is 1.89. The fourth-order valence-electron chi connectivity index (χ4n) is 4.30. The Kier molecular flexibility index (Phi) is 5.94. The van der Waals surface area contributed by atoms with Crippen LogP contribution in [-0.2, 0) is 9.53 Å². The van der Waals surface area contributed by atoms with Gasteiger partial charge in [0.2, 0.25) is 0 Å². The van der Waals surface area contributed by atoms with E-state index in [2.05, 4.69) is 4.99 Å². The number of thiazole rings is 1. The topological polar surface area (TPSA) is 60.7 Å². The number of hydrogen-bond donors (Lipinski definition) is 0. The van der Waals surface area contributed by atoms with Crippen molar-refractivity contribution in [3.63, 3.8) is 0 Å². The van der Waals surface area contributed by atoms with E-state index in [-0.39, 0.29) is 12.2 Å². The number of nitrogens with zero attached hydrogens (tertiary/aromatic N) is 2. The minimum absolute atomic E-state index is 0.219. The number of esters is 1. The van der Waals surface area contributed by atoms with Crippen LogP contribution in [0.4, 0.5) is 0 Å². The van der Waals surface area contributed by atoms with Gasteiger partial charge in [-0.05, 0) is 47.9 Å². The average molecular weight is 489 g/mol. The Morgan fingerprint density at radius 1 is 1.12 bits per heavy atom. The summed E-state index contributed by atoms with van der Waals surface area (Å²) in [5, 5.41) is 2.62. The molecule has 7 heteroatoms. The van der Waals surface area contributed by atoms with Crippen molar-refractivity contribution in [2.45, 2.75) is 19.9 Å². The van der Waals surface area contributed by atoms with E-state index in [0.29, 0.717) is 31.2 Å². The van der Waals surface area contributed by atoms with Gasteiger partial charge in [0.25, 0.3) is 5.56 Å². The van der Waals surface area contributed by atoms with Gasteiger partial charge in [-0.15, -0.1) is 0 Å². The Morgan fingerprint density at radius 3 is 2.65 bits per heavy atom. The van der Waals surface area contributed by atoms with Crippen LogP contribution in [0, 0.1) is 0 Å². The molecule has 1 atom stereocenters. The zero-order chi connectivity index (χ0) is 23.8. The van der Waals surface area contributed by atoms with Crippen LogP contribution in [0.3, 0.4) is 0 Å². The molecule has 3 aromatic carbocycles. The van der Waals surface area contributed by atoms with Gasteiger partial charge in [0, 0.05) is 5.02 Å². The first-order valence-corrected chi connectivity index (χ1v) is 12.1. The summed E-state index contributed by atoms with van der Waals surface area (Å²) in [6, 6.07) is 20.6. The molecule has 1 aliphatic rings. The summed E-state index contributed by atoms with van der Waals surface area (Å²) in [7, 11) is 0. The van der Waals surface area contributed by atoms with Crippen molar-refractivity contribution in [3.05, 3.63) is 114 Å². The zero-order valence-electron chi connectivity index (χ0n) is 18.6. The quantitative estimate of drug-likeness (QED) is 0.394. The van der Waals surface area contributed by atoms with Crippen molar-refractivity contribution in [2.75, 3.05) is 6.61 Å². The van der Waals surface area contributed by atoms with E-state index in [1.807, 2.05) is 66.7 Å². The molecule has 34 heavy (non-hydrogen) atoms. The van der Waals surface area contributed by atoms with Gasteiger partial charge < -0.3 is 4.74 Å². The molecule has 0 unspecified atom stereocenters. The molecule has 4 aromatic rings. The third-order valence-electron chi connectivity index (χ3n) is 5.83. The average Bonchev–Trinajstić information content (AvgIpc) is 3.13. The normalized spacial score (nSPS) is 15.9. The van der Waals surface area contributed by atoms with Crippen LogP contribution >= 0.6 is 22.9 Å². The van der Waals surface area contributed by atoms with Crippen LogP contribution in [0.25, 0.3) is 16.8 Å². The molecule has 170 valence electrons. The molecule has 1 aromatic heterocycles. The number of hydrogen-bond acceptors (Lipinski definition) is 5. The number of allylic oxidation sites excluding steroid dienone is 1. The first-order valence-electron chi connectivity index (χ1n) is 10.9. The molecule has 5 rings (SSSR count). The third-order valence-corrected chi connectivity index (χ3v) is 7.15. The van der Waals surface area contributed by atoms with E-state index in [9.17, 15) is 9.59 Å². The molecule has 0 fully saturated rings. The van der Waals surface area contributed by atoms with E-state index in [4.69, 9.17) is 16.3 Å². The highest BCUT2D eigenvalue weighted by atomic mass is 35.5. The molecule has 0 saturated carbocycles. The van der Waals surface area contributed by atoms with Gasteiger partial charge in [-0.2, -0.15) is 0 Å². The van der Waals surface area contributed by atoms with Gasteiger partial charge in [0.1, 0.15) is 6.04 Å². The summed E-state index contributed by atoms with van der Waals surface area (Å²) >= 11 is 7.85. The van der Waals surface area contributed by atoms with Crippen LogP contribution < -0.4 is 14.9 Å². The second-order valence-corrected chi connectivity index (χ2v) is 9.31. The Hall–Kier alpha value is -3.48. The molecule has 0 spiro atoms. The minimum atomic E-state index is -0.723. The van der Waals surface area contributed by atoms with Crippen molar-refractivity contribution in [3.8, 4) is 0 Å². The first-order chi connectivity index (χ1) is 16.5. The number of rotatable bonds is 4. The maximum absolute atomic E-state index is 13.7. The van der Waals surface area contributed by atoms with Gasteiger partial charge in [-0.3, -0.25) is 9.36 Å². The fourth-order valence-corrected chi connectivity index (χ4v) is 5.58. The van der Waals surface area contributed by atoms with Crippen molar-refractivity contribution in [2.24, 2.45) is 4.99 Å². The number of halogens is 1. The summed E-state index contributed by atoms with van der Waals surface area (Å²) in [4.78, 5) is 31.9. The molecule has 1 aliphatic heterocycles. The number of fused-ring (bicyclic) bond motifs is 2. The maximum Gasteiger partial charge on any atom is 0.338 e. The number of benzene rings is 3. The van der Waals surface area contributed by atoms with Crippen LogP contribution in [0.1, 0.15) is 31.0 Å². The monoisotopic (exact) mass is 488 g/mol. The second kappa shape index (κ2) is 9.05. The van der Waals surface area contributed by atoms with Gasteiger partial charge in [0.05, 0.1) is 22.4 Å². The van der Waals surface area contributed by atoms with E-state index in [1.54, 1.807) is 24.5 Å². The highest BCUT2D eigenvalue weighted by Gasteiger charge is 2.34. The second-order valence-electron chi connectivity index (χ2n) is 7.89. The third kappa shape index (κ3) is 3.79. The van der Waals surface area contributed by atoms with Crippen LogP contribution in [0.15, 0.2) is 87.8 Å². The van der Waals surface area contributed by atoms with Gasteiger partial charge in [0.15, 0.2) is 4.80 Å². The van der Waals surface area contributed by atoms with Crippen LogP contribution in [-0.4, -0.2) is 17.1 Å². The maximum atomic E-state index is 13.7. The first kappa shape index (κ1) is 22.3. The van der Waals surface area contributed by atoms with Gasteiger partial charge >= 0.3 is 5.97 Å². The summed E-state index contributed by atoms with van der Waals surface area (Å²) < 4.78 is 7.42. The molecule has 0 N–H and O–H groups in total. The van der Waals surface area contributed by atoms with E-state index < -0.39 is 12.0 Å².